The van der Waals surface area contributed by atoms with Crippen molar-refractivity contribution in [2.24, 2.45) is 0 Å². The highest BCUT2D eigenvalue weighted by Crippen LogP contribution is 2.38. The van der Waals surface area contributed by atoms with E-state index in [1.165, 1.54) is 32.2 Å². The number of esters is 1. The first kappa shape index (κ1) is 19.3. The SMILES string of the molecule is CCOC(=O)[C@@H](C)N1C(=O)S/C(=C/c2cc(OC)c(O)cc2Br)C1=O. The van der Waals surface area contributed by atoms with Crippen LogP contribution >= 0.6 is 27.7 Å². The second-order valence-electron chi connectivity index (χ2n) is 5.03. The lowest BCUT2D eigenvalue weighted by Crippen LogP contribution is -2.42. The van der Waals surface area contributed by atoms with E-state index < -0.39 is 23.2 Å². The van der Waals surface area contributed by atoms with Gasteiger partial charge in [0, 0.05) is 4.47 Å². The summed E-state index contributed by atoms with van der Waals surface area (Å²) in [4.78, 5) is 37.5. The number of ether oxygens (including phenoxy) is 2. The fraction of sp³-hybridized carbons (Fsp3) is 0.312. The Morgan fingerprint density at radius 2 is 2.12 bits per heavy atom. The summed E-state index contributed by atoms with van der Waals surface area (Å²) in [5.41, 5.74) is 0.545. The lowest BCUT2D eigenvalue weighted by atomic mass is 10.1. The van der Waals surface area contributed by atoms with Crippen molar-refractivity contribution >= 4 is 50.9 Å². The number of carbonyl (C=O) groups is 3. The Bertz CT molecular complexity index is 763. The average Bonchev–Trinajstić information content (AvgIpc) is 2.83. The maximum Gasteiger partial charge on any atom is 0.329 e. The first-order valence-electron chi connectivity index (χ1n) is 7.30. The minimum Gasteiger partial charge on any atom is -0.504 e. The first-order chi connectivity index (χ1) is 11.8. The number of thioether (sulfide) groups is 1. The lowest BCUT2D eigenvalue weighted by Gasteiger charge is -2.19. The van der Waals surface area contributed by atoms with E-state index in [0.717, 1.165) is 16.7 Å². The third-order valence-corrected chi connectivity index (χ3v) is 4.99. The summed E-state index contributed by atoms with van der Waals surface area (Å²) in [6.45, 7) is 3.25. The number of phenolic OH excluding ortho intramolecular Hbond substituents is 1. The normalized spacial score (nSPS) is 17.1. The van der Waals surface area contributed by atoms with Gasteiger partial charge in [0.25, 0.3) is 11.1 Å². The molecule has 1 aliphatic rings. The number of methoxy groups -OCH3 is 1. The van der Waals surface area contributed by atoms with Gasteiger partial charge in [-0.1, -0.05) is 15.9 Å². The third-order valence-electron chi connectivity index (χ3n) is 3.42. The van der Waals surface area contributed by atoms with Crippen LogP contribution in [0.3, 0.4) is 0 Å². The van der Waals surface area contributed by atoms with E-state index in [2.05, 4.69) is 15.9 Å². The molecule has 1 aromatic rings. The van der Waals surface area contributed by atoms with E-state index in [1.807, 2.05) is 0 Å². The van der Waals surface area contributed by atoms with E-state index in [1.54, 1.807) is 6.92 Å². The number of amides is 2. The van der Waals surface area contributed by atoms with Crippen LogP contribution in [-0.2, 0) is 14.3 Å². The van der Waals surface area contributed by atoms with Crippen LogP contribution in [-0.4, -0.2) is 46.9 Å². The van der Waals surface area contributed by atoms with E-state index in [-0.39, 0.29) is 23.0 Å². The largest absolute Gasteiger partial charge is 0.504 e. The van der Waals surface area contributed by atoms with Crippen LogP contribution in [0.5, 0.6) is 11.5 Å². The molecule has 2 rings (SSSR count). The van der Waals surface area contributed by atoms with E-state index in [9.17, 15) is 19.5 Å². The molecule has 0 spiro atoms. The molecule has 0 unspecified atom stereocenters. The fourth-order valence-corrected chi connectivity index (χ4v) is 3.50. The van der Waals surface area contributed by atoms with Crippen molar-refractivity contribution in [2.75, 3.05) is 13.7 Å². The zero-order chi connectivity index (χ0) is 18.7. The number of rotatable bonds is 5. The molecule has 1 aliphatic heterocycles. The summed E-state index contributed by atoms with van der Waals surface area (Å²) < 4.78 is 10.4. The van der Waals surface area contributed by atoms with Crippen molar-refractivity contribution in [3.8, 4) is 11.5 Å². The van der Waals surface area contributed by atoms with Gasteiger partial charge in [0.15, 0.2) is 11.5 Å². The number of benzene rings is 1. The number of aromatic hydroxyl groups is 1. The zero-order valence-corrected chi connectivity index (χ0v) is 16.1. The number of nitrogens with zero attached hydrogens (tertiary/aromatic N) is 1. The minimum absolute atomic E-state index is 0.0597. The molecule has 0 aliphatic carbocycles. The van der Waals surface area contributed by atoms with Gasteiger partial charge in [-0.05, 0) is 49.4 Å². The molecule has 1 fully saturated rings. The molecule has 1 saturated heterocycles. The molecule has 0 bridgehead atoms. The fourth-order valence-electron chi connectivity index (χ4n) is 2.16. The predicted octanol–water partition coefficient (Wildman–Crippen LogP) is 3.15. The lowest BCUT2D eigenvalue weighted by molar-refractivity contribution is -0.150. The third kappa shape index (κ3) is 3.98. The maximum absolute atomic E-state index is 12.5. The number of halogens is 1. The smallest absolute Gasteiger partial charge is 0.329 e. The van der Waals surface area contributed by atoms with Crippen LogP contribution < -0.4 is 4.74 Å². The molecule has 0 radical (unpaired) electrons. The Morgan fingerprint density at radius 1 is 1.44 bits per heavy atom. The molecule has 25 heavy (non-hydrogen) atoms. The summed E-state index contributed by atoms with van der Waals surface area (Å²) in [6.07, 6.45) is 1.49. The van der Waals surface area contributed by atoms with Gasteiger partial charge in [-0.3, -0.25) is 14.5 Å². The molecule has 1 N–H and O–H groups in total. The highest BCUT2D eigenvalue weighted by Gasteiger charge is 2.41. The number of carbonyl (C=O) groups excluding carboxylic acids is 3. The molecule has 0 aromatic heterocycles. The number of phenols is 1. The van der Waals surface area contributed by atoms with Crippen LogP contribution in [0.1, 0.15) is 19.4 Å². The van der Waals surface area contributed by atoms with Crippen molar-refractivity contribution in [1.29, 1.82) is 0 Å². The minimum atomic E-state index is -1.00. The Morgan fingerprint density at radius 3 is 2.72 bits per heavy atom. The molecule has 134 valence electrons. The van der Waals surface area contributed by atoms with Crippen molar-refractivity contribution in [3.63, 3.8) is 0 Å². The van der Waals surface area contributed by atoms with Crippen LogP contribution in [0.2, 0.25) is 0 Å². The monoisotopic (exact) mass is 429 g/mol. The Balaban J connectivity index is 2.33. The van der Waals surface area contributed by atoms with Gasteiger partial charge in [-0.2, -0.15) is 0 Å². The van der Waals surface area contributed by atoms with E-state index >= 15 is 0 Å². The topological polar surface area (TPSA) is 93.1 Å². The van der Waals surface area contributed by atoms with Crippen molar-refractivity contribution in [2.45, 2.75) is 19.9 Å². The second kappa shape index (κ2) is 7.92. The Labute approximate surface area is 157 Å². The Hall–Kier alpha value is -2.00. The van der Waals surface area contributed by atoms with Crippen LogP contribution in [0.15, 0.2) is 21.5 Å². The number of imide groups is 1. The molecule has 1 aromatic carbocycles. The van der Waals surface area contributed by atoms with Crippen LogP contribution in [0.25, 0.3) is 6.08 Å². The highest BCUT2D eigenvalue weighted by atomic mass is 79.9. The molecule has 1 heterocycles. The van der Waals surface area contributed by atoms with Crippen LogP contribution in [0.4, 0.5) is 4.79 Å². The zero-order valence-electron chi connectivity index (χ0n) is 13.7. The molecule has 9 heteroatoms. The van der Waals surface area contributed by atoms with Gasteiger partial charge >= 0.3 is 5.97 Å². The van der Waals surface area contributed by atoms with Gasteiger partial charge < -0.3 is 14.6 Å². The molecular formula is C16H16BrNO6S. The van der Waals surface area contributed by atoms with E-state index in [4.69, 9.17) is 9.47 Å². The summed E-state index contributed by atoms with van der Waals surface area (Å²) in [5, 5.41) is 9.19. The molecule has 1 atom stereocenters. The van der Waals surface area contributed by atoms with Gasteiger partial charge in [0.05, 0.1) is 18.6 Å². The van der Waals surface area contributed by atoms with E-state index in [0.29, 0.717) is 10.0 Å². The highest BCUT2D eigenvalue weighted by molar-refractivity contribution is 9.10. The summed E-state index contributed by atoms with van der Waals surface area (Å²) >= 11 is 4.02. The summed E-state index contributed by atoms with van der Waals surface area (Å²) in [6, 6.07) is 1.95. The summed E-state index contributed by atoms with van der Waals surface area (Å²) in [7, 11) is 1.40. The van der Waals surface area contributed by atoms with Gasteiger partial charge in [0.2, 0.25) is 0 Å². The molecular weight excluding hydrogens is 414 g/mol. The molecule has 2 amide bonds. The van der Waals surface area contributed by atoms with Crippen molar-refractivity contribution in [3.05, 3.63) is 27.1 Å². The van der Waals surface area contributed by atoms with Gasteiger partial charge in [-0.15, -0.1) is 0 Å². The summed E-state index contributed by atoms with van der Waals surface area (Å²) in [5.74, 6) is -1.04. The van der Waals surface area contributed by atoms with Gasteiger partial charge in [-0.25, -0.2) is 4.79 Å². The number of hydrogen-bond acceptors (Lipinski definition) is 7. The molecule has 7 nitrogen and oxygen atoms in total. The van der Waals surface area contributed by atoms with Gasteiger partial charge in [0.1, 0.15) is 6.04 Å². The first-order valence-corrected chi connectivity index (χ1v) is 8.91. The Kier molecular flexibility index (Phi) is 6.12. The van der Waals surface area contributed by atoms with Crippen molar-refractivity contribution in [1.82, 2.24) is 4.90 Å². The van der Waals surface area contributed by atoms with Crippen molar-refractivity contribution < 1.29 is 29.0 Å². The number of hydrogen-bond donors (Lipinski definition) is 1. The average molecular weight is 430 g/mol. The molecule has 0 saturated carbocycles. The quantitative estimate of drug-likeness (QED) is 0.567. The predicted molar refractivity (Wildman–Crippen MR) is 96.3 cm³/mol. The van der Waals surface area contributed by atoms with Crippen LogP contribution in [0, 0.1) is 0 Å². The second-order valence-corrected chi connectivity index (χ2v) is 6.87. The standard InChI is InChI=1S/C16H16BrNO6S/c1-4-24-15(21)8(2)18-14(20)13(25-16(18)22)6-9-5-12(23-3)11(19)7-10(9)17/h5-8,19H,4H2,1-3H3/b13-6+/t8-/m1/s1. The maximum atomic E-state index is 12.5.